The fourth-order valence-electron chi connectivity index (χ4n) is 3.48. The zero-order valence-electron chi connectivity index (χ0n) is 17.3. The summed E-state index contributed by atoms with van der Waals surface area (Å²) in [6.07, 6.45) is 0.909. The van der Waals surface area contributed by atoms with Crippen molar-refractivity contribution in [1.82, 2.24) is 9.97 Å². The molecule has 2 heterocycles. The average Bonchev–Trinajstić information content (AvgIpc) is 2.69. The van der Waals surface area contributed by atoms with E-state index in [0.717, 1.165) is 42.6 Å². The van der Waals surface area contributed by atoms with Gasteiger partial charge in [-0.05, 0) is 42.5 Å². The molecule has 0 amide bonds. The summed E-state index contributed by atoms with van der Waals surface area (Å²) in [4.78, 5) is 11.4. The van der Waals surface area contributed by atoms with Crippen LogP contribution >= 0.6 is 0 Å². The molecule has 0 aliphatic carbocycles. The van der Waals surface area contributed by atoms with Crippen LogP contribution in [0.25, 0.3) is 0 Å². The normalized spacial score (nSPS) is 14.6. The number of aliphatic hydroxyl groups excluding tert-OH is 1. The maximum Gasteiger partial charge on any atom is 0.161 e. The number of nitrogens with zero attached hydrogens (tertiary/aromatic N) is 3. The van der Waals surface area contributed by atoms with Gasteiger partial charge in [-0.25, -0.2) is 9.97 Å². The first-order valence-corrected chi connectivity index (χ1v) is 9.67. The van der Waals surface area contributed by atoms with Crippen molar-refractivity contribution < 1.29 is 14.6 Å². The molecule has 152 valence electrons. The van der Waals surface area contributed by atoms with Crippen molar-refractivity contribution in [1.29, 1.82) is 0 Å². The van der Waals surface area contributed by atoms with Gasteiger partial charge in [0.1, 0.15) is 17.5 Å². The van der Waals surface area contributed by atoms with Gasteiger partial charge >= 0.3 is 0 Å². The monoisotopic (exact) mass is 386 g/mol. The van der Waals surface area contributed by atoms with Crippen LogP contribution in [0.5, 0.6) is 11.5 Å². The lowest BCUT2D eigenvalue weighted by atomic mass is 9.99. The average molecular weight is 386 g/mol. The highest BCUT2D eigenvalue weighted by atomic mass is 16.5. The number of hydrogen-bond donors (Lipinski definition) is 2. The molecule has 1 atom stereocenters. The van der Waals surface area contributed by atoms with Crippen LogP contribution in [0, 0.1) is 12.8 Å². The Labute approximate surface area is 166 Å². The third-order valence-electron chi connectivity index (χ3n) is 5.20. The summed E-state index contributed by atoms with van der Waals surface area (Å²) in [6, 6.07) is 6.04. The predicted octanol–water partition coefficient (Wildman–Crippen LogP) is 2.79. The molecular formula is C21H30N4O3. The Morgan fingerprint density at radius 1 is 1.11 bits per heavy atom. The van der Waals surface area contributed by atoms with E-state index < -0.39 is 0 Å². The number of benzene rings is 1. The number of aryl methyl sites for hydroxylation is 1. The number of ether oxygens (including phenoxy) is 2. The third kappa shape index (κ3) is 4.30. The van der Waals surface area contributed by atoms with Crippen LogP contribution in [0.2, 0.25) is 0 Å². The topological polar surface area (TPSA) is 79.7 Å². The Hall–Kier alpha value is -2.54. The van der Waals surface area contributed by atoms with Gasteiger partial charge in [0.25, 0.3) is 0 Å². The number of hydrogen-bond acceptors (Lipinski definition) is 7. The van der Waals surface area contributed by atoms with Gasteiger partial charge in [0, 0.05) is 19.2 Å². The van der Waals surface area contributed by atoms with Crippen molar-refractivity contribution in [2.24, 2.45) is 5.92 Å². The largest absolute Gasteiger partial charge is 0.493 e. The van der Waals surface area contributed by atoms with Crippen LogP contribution in [0.1, 0.15) is 30.8 Å². The minimum atomic E-state index is -0.0408. The molecule has 2 N–H and O–H groups in total. The molecule has 7 nitrogen and oxygen atoms in total. The molecular weight excluding hydrogens is 356 g/mol. The van der Waals surface area contributed by atoms with Crippen LogP contribution in [0.15, 0.2) is 18.2 Å². The van der Waals surface area contributed by atoms with Crippen molar-refractivity contribution >= 4 is 11.6 Å². The maximum absolute atomic E-state index is 9.61. The van der Waals surface area contributed by atoms with E-state index in [-0.39, 0.29) is 12.6 Å². The lowest BCUT2D eigenvalue weighted by Crippen LogP contribution is -2.32. The fourth-order valence-corrected chi connectivity index (χ4v) is 3.48. The summed E-state index contributed by atoms with van der Waals surface area (Å²) in [6.45, 7) is 7.72. The van der Waals surface area contributed by atoms with Crippen LogP contribution in [-0.2, 0) is 13.0 Å². The molecule has 1 aromatic heterocycles. The molecule has 1 aromatic carbocycles. The molecule has 28 heavy (non-hydrogen) atoms. The van der Waals surface area contributed by atoms with Gasteiger partial charge in [-0.1, -0.05) is 13.8 Å². The highest BCUT2D eigenvalue weighted by molar-refractivity contribution is 5.54. The number of fused-ring (bicyclic) bond motifs is 1. The first-order chi connectivity index (χ1) is 13.4. The Morgan fingerprint density at radius 2 is 1.79 bits per heavy atom. The van der Waals surface area contributed by atoms with Crippen molar-refractivity contribution in [2.75, 3.05) is 37.6 Å². The molecule has 0 radical (unpaired) electrons. The second-order valence-corrected chi connectivity index (χ2v) is 7.48. The van der Waals surface area contributed by atoms with Crippen LogP contribution < -0.4 is 19.7 Å². The molecule has 0 saturated carbocycles. The second-order valence-electron chi connectivity index (χ2n) is 7.48. The fraction of sp³-hybridized carbons (Fsp3) is 0.524. The van der Waals surface area contributed by atoms with Crippen LogP contribution in [0.4, 0.5) is 11.6 Å². The van der Waals surface area contributed by atoms with Crippen molar-refractivity contribution in [2.45, 2.75) is 39.8 Å². The van der Waals surface area contributed by atoms with E-state index in [0.29, 0.717) is 11.7 Å². The molecule has 1 aliphatic heterocycles. The molecule has 3 rings (SSSR count). The first-order valence-electron chi connectivity index (χ1n) is 9.67. The van der Waals surface area contributed by atoms with Crippen molar-refractivity contribution in [3.8, 4) is 11.5 Å². The molecule has 0 unspecified atom stereocenters. The maximum atomic E-state index is 9.61. The molecule has 0 spiro atoms. The Morgan fingerprint density at radius 3 is 2.39 bits per heavy atom. The van der Waals surface area contributed by atoms with Crippen LogP contribution in [0.3, 0.4) is 0 Å². The summed E-state index contributed by atoms with van der Waals surface area (Å²) in [5.41, 5.74) is 2.49. The van der Waals surface area contributed by atoms with Gasteiger partial charge in [-0.15, -0.1) is 0 Å². The summed E-state index contributed by atoms with van der Waals surface area (Å²) in [7, 11) is 3.32. The predicted molar refractivity (Wildman–Crippen MR) is 110 cm³/mol. The zero-order valence-corrected chi connectivity index (χ0v) is 17.3. The molecule has 2 aromatic rings. The first kappa shape index (κ1) is 20.2. The highest BCUT2D eigenvalue weighted by Crippen LogP contribution is 2.34. The number of anilines is 2. The zero-order chi connectivity index (χ0) is 20.3. The number of aliphatic hydroxyl groups is 1. The van der Waals surface area contributed by atoms with Gasteiger partial charge < -0.3 is 24.8 Å². The minimum absolute atomic E-state index is 0.0408. The van der Waals surface area contributed by atoms with Gasteiger partial charge in [-0.2, -0.15) is 0 Å². The van der Waals surface area contributed by atoms with E-state index in [1.807, 2.05) is 19.1 Å². The standard InChI is InChI=1S/C21H30N4O3/c1-13(2)17(12-26)24-20-10-21(23-14(3)22-20)25-7-6-15-8-18(27-4)19(28-5)9-16(15)11-25/h8-10,13,17,26H,6-7,11-12H2,1-5H3,(H,22,23,24)/t17-/m0/s1. The Kier molecular flexibility index (Phi) is 6.24. The molecule has 7 heteroatoms. The van der Waals surface area contributed by atoms with E-state index >= 15 is 0 Å². The van der Waals surface area contributed by atoms with E-state index in [1.54, 1.807) is 14.2 Å². The van der Waals surface area contributed by atoms with Gasteiger partial charge in [0.05, 0.1) is 26.9 Å². The summed E-state index contributed by atoms with van der Waals surface area (Å²) < 4.78 is 10.9. The van der Waals surface area contributed by atoms with E-state index in [2.05, 4.69) is 40.1 Å². The molecule has 0 saturated heterocycles. The molecule has 0 bridgehead atoms. The Bertz CT molecular complexity index is 826. The number of methoxy groups -OCH3 is 2. The summed E-state index contributed by atoms with van der Waals surface area (Å²) >= 11 is 0. The quantitative estimate of drug-likeness (QED) is 0.757. The number of aromatic nitrogens is 2. The van der Waals surface area contributed by atoms with Gasteiger partial charge in [-0.3, -0.25) is 0 Å². The SMILES string of the molecule is COc1cc2c(cc1OC)CN(c1cc(N[C@@H](CO)C(C)C)nc(C)n1)CC2. The van der Waals surface area contributed by atoms with E-state index in [1.165, 1.54) is 11.1 Å². The van der Waals surface area contributed by atoms with Gasteiger partial charge in [0.2, 0.25) is 0 Å². The lowest BCUT2D eigenvalue weighted by Gasteiger charge is -2.31. The summed E-state index contributed by atoms with van der Waals surface area (Å²) in [5.74, 6) is 4.14. The second kappa shape index (κ2) is 8.65. The van der Waals surface area contributed by atoms with E-state index in [4.69, 9.17) is 9.47 Å². The summed E-state index contributed by atoms with van der Waals surface area (Å²) in [5, 5.41) is 12.9. The van der Waals surface area contributed by atoms with E-state index in [9.17, 15) is 5.11 Å². The van der Waals surface area contributed by atoms with Gasteiger partial charge in [0.15, 0.2) is 11.5 Å². The van der Waals surface area contributed by atoms with Crippen molar-refractivity contribution in [3.05, 3.63) is 35.2 Å². The number of rotatable bonds is 7. The molecule has 0 fully saturated rings. The minimum Gasteiger partial charge on any atom is -0.493 e. The third-order valence-corrected chi connectivity index (χ3v) is 5.20. The smallest absolute Gasteiger partial charge is 0.161 e. The van der Waals surface area contributed by atoms with Crippen molar-refractivity contribution in [3.63, 3.8) is 0 Å². The molecule has 1 aliphatic rings. The lowest BCUT2D eigenvalue weighted by molar-refractivity contribution is 0.249. The van der Waals surface area contributed by atoms with Crippen LogP contribution in [-0.4, -0.2) is 48.5 Å². The Balaban J connectivity index is 1.85. The highest BCUT2D eigenvalue weighted by Gasteiger charge is 2.22. The number of nitrogens with one attached hydrogen (secondary N) is 1.